The third-order valence-corrected chi connectivity index (χ3v) is 11.5. The van der Waals surface area contributed by atoms with E-state index in [1.54, 1.807) is 0 Å². The van der Waals surface area contributed by atoms with Gasteiger partial charge >= 0.3 is 0 Å². The molecule has 0 aliphatic rings. The monoisotopic (exact) mass is 767 g/mol. The van der Waals surface area contributed by atoms with Crippen molar-refractivity contribution in [1.29, 1.82) is 0 Å². The van der Waals surface area contributed by atoms with Gasteiger partial charge in [-0.3, -0.25) is 4.57 Å². The van der Waals surface area contributed by atoms with Crippen LogP contribution in [0.1, 0.15) is 0 Å². The van der Waals surface area contributed by atoms with E-state index < -0.39 is 0 Å². The molecule has 6 heteroatoms. The van der Waals surface area contributed by atoms with Gasteiger partial charge in [0.05, 0.1) is 27.8 Å². The van der Waals surface area contributed by atoms with E-state index in [-0.39, 0.29) is 0 Å². The molecule has 12 aromatic rings. The average molecular weight is 768 g/mol. The minimum atomic E-state index is 0.543. The zero-order valence-corrected chi connectivity index (χ0v) is 32.2. The summed E-state index contributed by atoms with van der Waals surface area (Å²) in [5.74, 6) is 1.17. The number of nitrogens with zero attached hydrogens (tertiary/aromatic N) is 5. The highest BCUT2D eigenvalue weighted by Gasteiger charge is 2.24. The summed E-state index contributed by atoms with van der Waals surface area (Å²) in [7, 11) is 0. The molecular weight excluding hydrogens is 735 g/mol. The second kappa shape index (κ2) is 13.7. The molecule has 4 heterocycles. The van der Waals surface area contributed by atoms with Gasteiger partial charge in [-0.25, -0.2) is 19.9 Å². The Labute approximate surface area is 344 Å². The molecule has 0 saturated carbocycles. The fourth-order valence-corrected chi connectivity index (χ4v) is 8.60. The Hall–Kier alpha value is -8.22. The van der Waals surface area contributed by atoms with Gasteiger partial charge in [-0.2, -0.15) is 0 Å². The van der Waals surface area contributed by atoms with Crippen molar-refractivity contribution in [3.63, 3.8) is 0 Å². The lowest BCUT2D eigenvalue weighted by Crippen LogP contribution is -2.05. The normalized spacial score (nSPS) is 11.7. The fraction of sp³-hybridized carbons (Fsp3) is 0. The van der Waals surface area contributed by atoms with Crippen LogP contribution in [0.2, 0.25) is 0 Å². The molecule has 0 saturated heterocycles. The van der Waals surface area contributed by atoms with Crippen LogP contribution in [0.5, 0.6) is 0 Å². The van der Waals surface area contributed by atoms with Gasteiger partial charge in [0.25, 0.3) is 0 Å². The maximum Gasteiger partial charge on any atom is 0.237 e. The number of hydrogen-bond acceptors (Lipinski definition) is 5. The summed E-state index contributed by atoms with van der Waals surface area (Å²) in [6, 6.07) is 69.0. The fourth-order valence-electron chi connectivity index (χ4n) is 8.60. The number of hydrogen-bond donors (Lipinski definition) is 0. The minimum absolute atomic E-state index is 0.543. The van der Waals surface area contributed by atoms with Crippen LogP contribution in [0.3, 0.4) is 0 Å². The molecule has 8 aromatic carbocycles. The summed E-state index contributed by atoms with van der Waals surface area (Å²) < 4.78 is 8.51. The Morgan fingerprint density at radius 3 is 1.77 bits per heavy atom. The Kier molecular flexibility index (Phi) is 7.74. The van der Waals surface area contributed by atoms with Crippen LogP contribution in [0.15, 0.2) is 205 Å². The highest BCUT2D eigenvalue weighted by Crippen LogP contribution is 2.41. The van der Waals surface area contributed by atoms with Gasteiger partial charge in [0.15, 0.2) is 11.5 Å². The van der Waals surface area contributed by atoms with Crippen LogP contribution in [-0.4, -0.2) is 24.5 Å². The predicted octanol–water partition coefficient (Wildman–Crippen LogP) is 13.8. The van der Waals surface area contributed by atoms with Gasteiger partial charge in [-0.1, -0.05) is 176 Å². The second-order valence-corrected chi connectivity index (χ2v) is 15.0. The number of rotatable bonds is 6. The first-order chi connectivity index (χ1) is 29.7. The lowest BCUT2D eigenvalue weighted by Gasteiger charge is -2.12. The molecule has 0 spiro atoms. The van der Waals surface area contributed by atoms with E-state index >= 15 is 0 Å². The van der Waals surface area contributed by atoms with Crippen molar-refractivity contribution in [2.75, 3.05) is 0 Å². The van der Waals surface area contributed by atoms with Gasteiger partial charge < -0.3 is 4.42 Å². The first-order valence-electron chi connectivity index (χ1n) is 20.1. The molecule has 0 amide bonds. The SMILES string of the molecule is c1ccc(-c2nc(-c3ccccc3)c3c4cc(-c5ccc(-c6cccc7c6oc6ccccc67)cc5)ccc4n(-c4nc(-c5ccccc5)c5ccccc5n4)c3n2)cc1. The molecule has 0 bridgehead atoms. The summed E-state index contributed by atoms with van der Waals surface area (Å²) in [6.45, 7) is 0. The first-order valence-corrected chi connectivity index (χ1v) is 20.1. The molecule has 12 rings (SSSR count). The zero-order chi connectivity index (χ0) is 39.6. The van der Waals surface area contributed by atoms with E-state index in [0.717, 1.165) is 105 Å². The Bertz CT molecular complexity index is 3580. The standard InChI is InChI=1S/C54H33N5O/c1-4-15-36(16-5-1)49-43-22-10-12-25-45(43)55-54(57-49)59-46-32-31-39(34-27-29-35(30-28-34)40-23-14-24-42-41-21-11-13-26-47(41)60-51(40)42)33-44(46)48-50(37-17-6-2-7-18-37)56-52(58-53(48)59)38-19-8-3-9-20-38/h1-33H. The van der Waals surface area contributed by atoms with Crippen LogP contribution in [0.25, 0.3) is 117 Å². The van der Waals surface area contributed by atoms with Gasteiger partial charge in [0.1, 0.15) is 11.2 Å². The molecule has 280 valence electrons. The number of aromatic nitrogens is 5. The Balaban J connectivity index is 1.10. The van der Waals surface area contributed by atoms with Gasteiger partial charge in [0, 0.05) is 43.8 Å². The van der Waals surface area contributed by atoms with E-state index in [0.29, 0.717) is 11.8 Å². The molecule has 0 atom stereocenters. The van der Waals surface area contributed by atoms with Gasteiger partial charge in [-0.15, -0.1) is 0 Å². The van der Waals surface area contributed by atoms with E-state index in [4.69, 9.17) is 24.4 Å². The molecule has 0 aliphatic heterocycles. The first kappa shape index (κ1) is 33.9. The number of para-hydroxylation sites is 3. The van der Waals surface area contributed by atoms with Crippen molar-refractivity contribution in [3.8, 4) is 62.1 Å². The van der Waals surface area contributed by atoms with E-state index in [1.807, 2.05) is 66.7 Å². The van der Waals surface area contributed by atoms with Crippen LogP contribution < -0.4 is 0 Å². The molecule has 0 N–H and O–H groups in total. The van der Waals surface area contributed by atoms with Gasteiger partial charge in [-0.05, 0) is 41.0 Å². The topological polar surface area (TPSA) is 69.6 Å². The van der Waals surface area contributed by atoms with Crippen LogP contribution >= 0.6 is 0 Å². The molecule has 60 heavy (non-hydrogen) atoms. The van der Waals surface area contributed by atoms with Crippen molar-refractivity contribution in [2.45, 2.75) is 0 Å². The number of furan rings is 1. The second-order valence-electron chi connectivity index (χ2n) is 15.0. The third kappa shape index (κ3) is 5.50. The quantitative estimate of drug-likeness (QED) is 0.168. The van der Waals surface area contributed by atoms with E-state index in [2.05, 4.69) is 138 Å². The predicted molar refractivity (Wildman–Crippen MR) is 244 cm³/mol. The lowest BCUT2D eigenvalue weighted by molar-refractivity contribution is 0.670. The molecule has 0 aliphatic carbocycles. The summed E-state index contributed by atoms with van der Waals surface area (Å²) in [5.41, 5.74) is 13.3. The van der Waals surface area contributed by atoms with E-state index in [9.17, 15) is 0 Å². The largest absolute Gasteiger partial charge is 0.455 e. The maximum atomic E-state index is 6.40. The van der Waals surface area contributed by atoms with Crippen molar-refractivity contribution in [1.82, 2.24) is 24.5 Å². The summed E-state index contributed by atoms with van der Waals surface area (Å²) in [4.78, 5) is 21.3. The van der Waals surface area contributed by atoms with Crippen molar-refractivity contribution in [3.05, 3.63) is 200 Å². The van der Waals surface area contributed by atoms with E-state index in [1.165, 1.54) is 0 Å². The van der Waals surface area contributed by atoms with Crippen LogP contribution in [0.4, 0.5) is 0 Å². The molecule has 0 radical (unpaired) electrons. The van der Waals surface area contributed by atoms with Crippen LogP contribution in [0, 0.1) is 0 Å². The lowest BCUT2D eigenvalue weighted by atomic mass is 9.97. The van der Waals surface area contributed by atoms with Crippen molar-refractivity contribution < 1.29 is 4.42 Å². The summed E-state index contributed by atoms with van der Waals surface area (Å²) >= 11 is 0. The molecular formula is C54H33N5O. The molecule has 4 aromatic heterocycles. The highest BCUT2D eigenvalue weighted by atomic mass is 16.3. The van der Waals surface area contributed by atoms with Gasteiger partial charge in [0.2, 0.25) is 5.95 Å². The maximum absolute atomic E-state index is 6.40. The van der Waals surface area contributed by atoms with Crippen molar-refractivity contribution >= 4 is 54.8 Å². The minimum Gasteiger partial charge on any atom is -0.455 e. The average Bonchev–Trinajstić information content (AvgIpc) is 3.87. The molecule has 6 nitrogen and oxygen atoms in total. The van der Waals surface area contributed by atoms with Crippen molar-refractivity contribution in [2.24, 2.45) is 0 Å². The number of fused-ring (bicyclic) bond motifs is 7. The van der Waals surface area contributed by atoms with Crippen LogP contribution in [-0.2, 0) is 0 Å². The Morgan fingerprint density at radius 1 is 0.383 bits per heavy atom. The number of benzene rings is 8. The smallest absolute Gasteiger partial charge is 0.237 e. The molecule has 0 fully saturated rings. The highest BCUT2D eigenvalue weighted by molar-refractivity contribution is 6.15. The Morgan fingerprint density at radius 2 is 1.00 bits per heavy atom. The summed E-state index contributed by atoms with van der Waals surface area (Å²) in [5, 5.41) is 5.17. The third-order valence-electron chi connectivity index (χ3n) is 11.5. The molecule has 0 unspecified atom stereocenters. The summed E-state index contributed by atoms with van der Waals surface area (Å²) in [6.07, 6.45) is 0. The zero-order valence-electron chi connectivity index (χ0n) is 32.2.